The SMILES string of the molecule is COCC(N)C(=O)NC(C)c1ccccc1Oc1ccccc1. The lowest BCUT2D eigenvalue weighted by molar-refractivity contribution is -0.124. The van der Waals surface area contributed by atoms with Gasteiger partial charge in [0.1, 0.15) is 17.5 Å². The summed E-state index contributed by atoms with van der Waals surface area (Å²) in [4.78, 5) is 12.0. The number of rotatable bonds is 7. The van der Waals surface area contributed by atoms with Gasteiger partial charge in [0.25, 0.3) is 0 Å². The maximum atomic E-state index is 12.0. The van der Waals surface area contributed by atoms with E-state index in [0.717, 1.165) is 11.3 Å². The van der Waals surface area contributed by atoms with Crippen LogP contribution in [0.1, 0.15) is 18.5 Å². The molecule has 0 heterocycles. The van der Waals surface area contributed by atoms with Crippen LogP contribution in [-0.2, 0) is 9.53 Å². The van der Waals surface area contributed by atoms with Crippen molar-refractivity contribution in [3.05, 3.63) is 60.2 Å². The maximum absolute atomic E-state index is 12.0. The number of methoxy groups -OCH3 is 1. The molecule has 3 N–H and O–H groups in total. The van der Waals surface area contributed by atoms with Crippen LogP contribution in [0, 0.1) is 0 Å². The number of amides is 1. The molecule has 0 aromatic heterocycles. The predicted molar refractivity (Wildman–Crippen MR) is 89.4 cm³/mol. The molecule has 0 aliphatic heterocycles. The molecule has 0 saturated carbocycles. The molecule has 0 spiro atoms. The smallest absolute Gasteiger partial charge is 0.239 e. The molecule has 2 rings (SSSR count). The minimum atomic E-state index is -0.690. The Morgan fingerprint density at radius 3 is 2.48 bits per heavy atom. The number of hydrogen-bond donors (Lipinski definition) is 2. The van der Waals surface area contributed by atoms with Crippen molar-refractivity contribution in [2.45, 2.75) is 19.0 Å². The first-order chi connectivity index (χ1) is 11.1. The minimum absolute atomic E-state index is 0.181. The third-order valence-electron chi connectivity index (χ3n) is 3.40. The predicted octanol–water partition coefficient (Wildman–Crippen LogP) is 2.63. The molecule has 0 saturated heterocycles. The Labute approximate surface area is 136 Å². The molecule has 2 unspecified atom stereocenters. The second kappa shape index (κ2) is 8.31. The summed E-state index contributed by atoms with van der Waals surface area (Å²) in [6.45, 7) is 2.07. The highest BCUT2D eigenvalue weighted by Crippen LogP contribution is 2.29. The zero-order valence-electron chi connectivity index (χ0n) is 13.4. The van der Waals surface area contributed by atoms with Gasteiger partial charge in [-0.05, 0) is 25.1 Å². The molecule has 122 valence electrons. The number of nitrogens with one attached hydrogen (secondary N) is 1. The molecule has 5 heteroatoms. The van der Waals surface area contributed by atoms with Gasteiger partial charge < -0.3 is 20.5 Å². The van der Waals surface area contributed by atoms with Crippen molar-refractivity contribution in [3.8, 4) is 11.5 Å². The van der Waals surface area contributed by atoms with E-state index < -0.39 is 6.04 Å². The van der Waals surface area contributed by atoms with E-state index in [2.05, 4.69) is 5.32 Å². The average molecular weight is 314 g/mol. The highest BCUT2D eigenvalue weighted by atomic mass is 16.5. The number of carbonyl (C=O) groups excluding carboxylic acids is 1. The van der Waals surface area contributed by atoms with Gasteiger partial charge in [0, 0.05) is 12.7 Å². The van der Waals surface area contributed by atoms with E-state index >= 15 is 0 Å². The Balaban J connectivity index is 2.11. The molecule has 2 atom stereocenters. The van der Waals surface area contributed by atoms with Gasteiger partial charge in [-0.2, -0.15) is 0 Å². The van der Waals surface area contributed by atoms with Crippen LogP contribution in [0.25, 0.3) is 0 Å². The molecule has 1 amide bonds. The average Bonchev–Trinajstić information content (AvgIpc) is 2.56. The van der Waals surface area contributed by atoms with Gasteiger partial charge in [0.05, 0.1) is 12.6 Å². The van der Waals surface area contributed by atoms with Crippen molar-refractivity contribution in [2.24, 2.45) is 5.73 Å². The van der Waals surface area contributed by atoms with Gasteiger partial charge >= 0.3 is 0 Å². The highest BCUT2D eigenvalue weighted by Gasteiger charge is 2.18. The van der Waals surface area contributed by atoms with E-state index in [-0.39, 0.29) is 18.6 Å². The lowest BCUT2D eigenvalue weighted by atomic mass is 10.1. The van der Waals surface area contributed by atoms with E-state index in [1.54, 1.807) is 0 Å². The van der Waals surface area contributed by atoms with Gasteiger partial charge in [0.2, 0.25) is 5.91 Å². The Kier molecular flexibility index (Phi) is 6.14. The zero-order chi connectivity index (χ0) is 16.7. The number of nitrogens with two attached hydrogens (primary N) is 1. The fourth-order valence-corrected chi connectivity index (χ4v) is 2.20. The first kappa shape index (κ1) is 17.0. The molecule has 23 heavy (non-hydrogen) atoms. The van der Waals surface area contributed by atoms with Gasteiger partial charge in [-0.1, -0.05) is 36.4 Å². The van der Waals surface area contributed by atoms with E-state index in [1.807, 2.05) is 61.5 Å². The van der Waals surface area contributed by atoms with Crippen LogP contribution >= 0.6 is 0 Å². The first-order valence-corrected chi connectivity index (χ1v) is 7.48. The number of para-hydroxylation sites is 2. The second-order valence-corrected chi connectivity index (χ2v) is 5.25. The summed E-state index contributed by atoms with van der Waals surface area (Å²) in [6.07, 6.45) is 0. The second-order valence-electron chi connectivity index (χ2n) is 5.25. The molecule has 0 radical (unpaired) electrons. The third kappa shape index (κ3) is 4.81. The van der Waals surface area contributed by atoms with E-state index in [0.29, 0.717) is 5.75 Å². The molecular weight excluding hydrogens is 292 g/mol. The van der Waals surface area contributed by atoms with E-state index in [4.69, 9.17) is 15.2 Å². The first-order valence-electron chi connectivity index (χ1n) is 7.48. The van der Waals surface area contributed by atoms with Crippen molar-refractivity contribution in [2.75, 3.05) is 13.7 Å². The molecule has 0 aliphatic carbocycles. The summed E-state index contributed by atoms with van der Waals surface area (Å²) in [6, 6.07) is 16.2. The Morgan fingerprint density at radius 1 is 1.13 bits per heavy atom. The van der Waals surface area contributed by atoms with E-state index in [9.17, 15) is 4.79 Å². The molecule has 0 aliphatic rings. The van der Waals surface area contributed by atoms with Crippen LogP contribution in [-0.4, -0.2) is 25.7 Å². The van der Waals surface area contributed by atoms with Gasteiger partial charge in [0.15, 0.2) is 0 Å². The molecule has 2 aromatic carbocycles. The summed E-state index contributed by atoms with van der Waals surface area (Å²) in [5.41, 5.74) is 6.63. The molecule has 5 nitrogen and oxygen atoms in total. The normalized spacial score (nSPS) is 13.2. The van der Waals surface area contributed by atoms with Crippen LogP contribution in [0.2, 0.25) is 0 Å². The molecule has 2 aromatic rings. The quantitative estimate of drug-likeness (QED) is 0.824. The molecule has 0 bridgehead atoms. The van der Waals surface area contributed by atoms with Crippen molar-refractivity contribution in [1.29, 1.82) is 0 Å². The van der Waals surface area contributed by atoms with Gasteiger partial charge in [-0.15, -0.1) is 0 Å². The zero-order valence-corrected chi connectivity index (χ0v) is 13.4. The fourth-order valence-electron chi connectivity index (χ4n) is 2.20. The van der Waals surface area contributed by atoms with Gasteiger partial charge in [-0.3, -0.25) is 4.79 Å². The Hall–Kier alpha value is -2.37. The highest BCUT2D eigenvalue weighted by molar-refractivity contribution is 5.82. The number of ether oxygens (including phenoxy) is 2. The number of hydrogen-bond acceptors (Lipinski definition) is 4. The van der Waals surface area contributed by atoms with Crippen molar-refractivity contribution >= 4 is 5.91 Å². The summed E-state index contributed by atoms with van der Waals surface area (Å²) in [7, 11) is 1.51. The fraction of sp³-hybridized carbons (Fsp3) is 0.278. The summed E-state index contributed by atoms with van der Waals surface area (Å²) in [5.74, 6) is 1.19. The Bertz CT molecular complexity index is 631. The largest absolute Gasteiger partial charge is 0.457 e. The van der Waals surface area contributed by atoms with Crippen LogP contribution in [0.3, 0.4) is 0 Å². The topological polar surface area (TPSA) is 73.6 Å². The van der Waals surface area contributed by atoms with Crippen molar-refractivity contribution in [3.63, 3.8) is 0 Å². The summed E-state index contributed by atoms with van der Waals surface area (Å²) < 4.78 is 10.8. The van der Waals surface area contributed by atoms with Gasteiger partial charge in [-0.25, -0.2) is 0 Å². The minimum Gasteiger partial charge on any atom is -0.457 e. The monoisotopic (exact) mass is 314 g/mol. The summed E-state index contributed by atoms with van der Waals surface area (Å²) >= 11 is 0. The van der Waals surface area contributed by atoms with Crippen LogP contribution in [0.5, 0.6) is 11.5 Å². The summed E-state index contributed by atoms with van der Waals surface area (Å²) in [5, 5.41) is 2.88. The number of carbonyl (C=O) groups is 1. The maximum Gasteiger partial charge on any atom is 0.239 e. The third-order valence-corrected chi connectivity index (χ3v) is 3.40. The standard InChI is InChI=1S/C18H22N2O3/c1-13(20-18(21)16(19)12-22-2)15-10-6-7-11-17(15)23-14-8-4-3-5-9-14/h3-11,13,16H,12,19H2,1-2H3,(H,20,21). The lowest BCUT2D eigenvalue weighted by Gasteiger charge is -2.20. The lowest BCUT2D eigenvalue weighted by Crippen LogP contribution is -2.44. The molecular formula is C18H22N2O3. The van der Waals surface area contributed by atoms with Crippen molar-refractivity contribution in [1.82, 2.24) is 5.32 Å². The Morgan fingerprint density at radius 2 is 1.78 bits per heavy atom. The molecule has 0 fully saturated rings. The van der Waals surface area contributed by atoms with E-state index in [1.165, 1.54) is 7.11 Å². The van der Waals surface area contributed by atoms with Crippen LogP contribution in [0.15, 0.2) is 54.6 Å². The van der Waals surface area contributed by atoms with Crippen molar-refractivity contribution < 1.29 is 14.3 Å². The van der Waals surface area contributed by atoms with Crippen LogP contribution in [0.4, 0.5) is 0 Å². The number of benzene rings is 2. The van der Waals surface area contributed by atoms with Crippen LogP contribution < -0.4 is 15.8 Å².